The molecule has 7 nitrogen and oxygen atoms in total. The van der Waals surface area contributed by atoms with E-state index in [1.165, 1.54) is 0 Å². The van der Waals surface area contributed by atoms with Crippen molar-refractivity contribution in [3.8, 4) is 0 Å². The van der Waals surface area contributed by atoms with Gasteiger partial charge in [0.25, 0.3) is 11.5 Å². The van der Waals surface area contributed by atoms with E-state index in [1.807, 2.05) is 39.0 Å². The van der Waals surface area contributed by atoms with Crippen LogP contribution in [-0.4, -0.2) is 53.6 Å². The summed E-state index contributed by atoms with van der Waals surface area (Å²) in [5, 5.41) is 3.96. The lowest BCUT2D eigenvalue weighted by Crippen LogP contribution is -2.48. The largest absolute Gasteiger partial charge is 0.465 e. The predicted octanol–water partition coefficient (Wildman–Crippen LogP) is 5.23. The maximum Gasteiger partial charge on any atom is 0.323 e. The number of nitrogens with one attached hydrogen (secondary N) is 1. The minimum Gasteiger partial charge on any atom is -0.465 e. The van der Waals surface area contributed by atoms with Crippen LogP contribution in [0, 0.1) is 12.8 Å². The molecule has 0 spiro atoms. The minimum absolute atomic E-state index is 0.0526. The number of esters is 1. The van der Waals surface area contributed by atoms with Gasteiger partial charge in [-0.05, 0) is 83.2 Å². The van der Waals surface area contributed by atoms with Gasteiger partial charge in [-0.25, -0.2) is 0 Å². The molecule has 3 rings (SSSR count). The normalized spacial score (nSPS) is 15.7. The number of aryl methyl sites for hydroxylation is 1. The number of likely N-dealkylation sites (tertiary alicyclic amines) is 1. The van der Waals surface area contributed by atoms with Crippen molar-refractivity contribution in [1.82, 2.24) is 14.8 Å². The van der Waals surface area contributed by atoms with Crippen LogP contribution >= 0.6 is 0 Å². The van der Waals surface area contributed by atoms with Crippen LogP contribution in [0.5, 0.6) is 0 Å². The quantitative estimate of drug-likeness (QED) is 0.312. The van der Waals surface area contributed by atoms with Crippen molar-refractivity contribution in [1.29, 1.82) is 0 Å². The Labute approximate surface area is 221 Å². The van der Waals surface area contributed by atoms with E-state index < -0.39 is 0 Å². The highest BCUT2D eigenvalue weighted by Gasteiger charge is 2.30. The molecule has 0 radical (unpaired) electrons. The van der Waals surface area contributed by atoms with Gasteiger partial charge in [0.2, 0.25) is 0 Å². The molecule has 1 aromatic heterocycles. The van der Waals surface area contributed by atoms with Gasteiger partial charge >= 0.3 is 5.97 Å². The van der Waals surface area contributed by atoms with Crippen molar-refractivity contribution in [3.05, 3.63) is 45.7 Å². The van der Waals surface area contributed by atoms with Gasteiger partial charge in [0.15, 0.2) is 0 Å². The maximum atomic E-state index is 13.2. The number of carbonyl (C=O) groups excluding carboxylic acids is 2. The molecule has 1 unspecified atom stereocenters. The first-order chi connectivity index (χ1) is 17.8. The first-order valence-electron chi connectivity index (χ1n) is 14.1. The van der Waals surface area contributed by atoms with Gasteiger partial charge in [0, 0.05) is 18.0 Å². The molecule has 7 heteroatoms. The molecule has 1 atom stereocenters. The van der Waals surface area contributed by atoms with Crippen LogP contribution in [-0.2, 0) is 9.53 Å². The summed E-state index contributed by atoms with van der Waals surface area (Å²) >= 11 is 0. The average molecular weight is 512 g/mol. The molecule has 204 valence electrons. The Balaban J connectivity index is 1.63. The summed E-state index contributed by atoms with van der Waals surface area (Å²) in [5.41, 5.74) is 1.84. The third-order valence-electron chi connectivity index (χ3n) is 7.55. The molecule has 1 aliphatic rings. The summed E-state index contributed by atoms with van der Waals surface area (Å²) in [5.74, 6) is -0.0911. The van der Waals surface area contributed by atoms with Gasteiger partial charge in [0.1, 0.15) is 11.6 Å². The zero-order valence-electron chi connectivity index (χ0n) is 23.3. The number of fused-ring (bicyclic) bond motifs is 1. The molecule has 0 bridgehead atoms. The van der Waals surface area contributed by atoms with E-state index in [0.29, 0.717) is 19.1 Å². The number of amides is 1. The maximum absolute atomic E-state index is 13.2. The first kappa shape index (κ1) is 28.9. The topological polar surface area (TPSA) is 80.6 Å². The second-order valence-electron chi connectivity index (χ2n) is 10.7. The molecule has 1 aliphatic heterocycles. The highest BCUT2D eigenvalue weighted by Crippen LogP contribution is 2.23. The molecule has 1 fully saturated rings. The van der Waals surface area contributed by atoms with Crippen molar-refractivity contribution < 1.29 is 14.3 Å². The van der Waals surface area contributed by atoms with Crippen LogP contribution in [0.2, 0.25) is 0 Å². The lowest BCUT2D eigenvalue weighted by atomic mass is 9.94. The van der Waals surface area contributed by atoms with Gasteiger partial charge in [-0.1, -0.05) is 45.2 Å². The fraction of sp³-hybridized carbons (Fsp3) is 0.633. The molecule has 2 aromatic rings. The van der Waals surface area contributed by atoms with Gasteiger partial charge < -0.3 is 14.6 Å². The Morgan fingerprint density at radius 2 is 1.81 bits per heavy atom. The second kappa shape index (κ2) is 13.8. The number of carbonyl (C=O) groups is 2. The molecular formula is C30H45N3O4. The van der Waals surface area contributed by atoms with Gasteiger partial charge in [-0.2, -0.15) is 0 Å². The molecule has 37 heavy (non-hydrogen) atoms. The van der Waals surface area contributed by atoms with Crippen molar-refractivity contribution in [2.24, 2.45) is 5.92 Å². The molecule has 0 aliphatic carbocycles. The Morgan fingerprint density at radius 1 is 1.11 bits per heavy atom. The van der Waals surface area contributed by atoms with Crippen LogP contribution in [0.4, 0.5) is 0 Å². The van der Waals surface area contributed by atoms with Gasteiger partial charge in [-0.15, -0.1) is 0 Å². The molecule has 1 saturated heterocycles. The molecule has 0 saturated carbocycles. The average Bonchev–Trinajstić information content (AvgIpc) is 2.88. The number of rotatable bonds is 12. The van der Waals surface area contributed by atoms with E-state index >= 15 is 0 Å². The highest BCUT2D eigenvalue weighted by molar-refractivity contribution is 5.98. The van der Waals surface area contributed by atoms with Crippen molar-refractivity contribution in [2.75, 3.05) is 26.2 Å². The number of nitrogens with zero attached hydrogens (tertiary/aromatic N) is 2. The number of piperidine rings is 1. The third-order valence-corrected chi connectivity index (χ3v) is 7.55. The SMILES string of the molecule is CCCCOC(=O)C(CCCC)N1CCC(CNC(=O)c2cc3c(C)cccc3n(C(C)C)c2=O)CC1. The predicted molar refractivity (Wildman–Crippen MR) is 149 cm³/mol. The van der Waals surface area contributed by atoms with E-state index in [2.05, 4.69) is 24.1 Å². The minimum atomic E-state index is -0.313. The number of hydrogen-bond donors (Lipinski definition) is 1. The van der Waals surface area contributed by atoms with Gasteiger partial charge in [0.05, 0.1) is 12.1 Å². The first-order valence-corrected chi connectivity index (χ1v) is 14.1. The number of ether oxygens (including phenoxy) is 1. The number of unbranched alkanes of at least 4 members (excludes halogenated alkanes) is 2. The summed E-state index contributed by atoms with van der Waals surface area (Å²) in [7, 11) is 0. The van der Waals surface area contributed by atoms with Crippen LogP contribution in [0.3, 0.4) is 0 Å². The van der Waals surface area contributed by atoms with E-state index in [-0.39, 0.29) is 35.1 Å². The second-order valence-corrected chi connectivity index (χ2v) is 10.7. The van der Waals surface area contributed by atoms with E-state index in [0.717, 1.165) is 74.5 Å². The smallest absolute Gasteiger partial charge is 0.323 e. The summed E-state index contributed by atoms with van der Waals surface area (Å²) in [6.45, 7) is 12.8. The van der Waals surface area contributed by atoms with Crippen molar-refractivity contribution in [2.45, 2.75) is 91.6 Å². The number of pyridine rings is 1. The summed E-state index contributed by atoms with van der Waals surface area (Å²) in [6, 6.07) is 7.39. The zero-order chi connectivity index (χ0) is 26.9. The third kappa shape index (κ3) is 7.22. The van der Waals surface area contributed by atoms with Crippen LogP contribution < -0.4 is 10.9 Å². The summed E-state index contributed by atoms with van der Waals surface area (Å²) in [4.78, 5) is 41.4. The molecule has 1 N–H and O–H groups in total. The fourth-order valence-electron chi connectivity index (χ4n) is 5.24. The van der Waals surface area contributed by atoms with Crippen LogP contribution in [0.15, 0.2) is 29.1 Å². The Morgan fingerprint density at radius 3 is 2.46 bits per heavy atom. The molecule has 1 aromatic carbocycles. The van der Waals surface area contributed by atoms with Crippen molar-refractivity contribution >= 4 is 22.8 Å². The monoisotopic (exact) mass is 511 g/mol. The van der Waals surface area contributed by atoms with E-state index in [4.69, 9.17) is 4.74 Å². The lowest BCUT2D eigenvalue weighted by molar-refractivity contribution is -0.151. The highest BCUT2D eigenvalue weighted by atomic mass is 16.5. The van der Waals surface area contributed by atoms with E-state index in [1.54, 1.807) is 10.6 Å². The van der Waals surface area contributed by atoms with Crippen molar-refractivity contribution in [3.63, 3.8) is 0 Å². The standard InChI is InChI=1S/C30H45N3O4/c1-6-8-12-27(30(36)37-18-9-7-2)32-16-14-23(15-17-32)20-31-28(34)25-19-24-22(5)11-10-13-26(24)33(21(3)4)29(25)35/h10-11,13,19,21,23,27H,6-9,12,14-18,20H2,1-5H3,(H,31,34). The molecule has 2 heterocycles. The molecule has 1 amide bonds. The lowest BCUT2D eigenvalue weighted by Gasteiger charge is -2.36. The Hall–Kier alpha value is -2.67. The zero-order valence-corrected chi connectivity index (χ0v) is 23.3. The van der Waals surface area contributed by atoms with Crippen LogP contribution in [0.25, 0.3) is 10.9 Å². The Bertz CT molecular complexity index is 1120. The molecular weight excluding hydrogens is 466 g/mol. The van der Waals surface area contributed by atoms with Gasteiger partial charge in [-0.3, -0.25) is 19.3 Å². The number of aromatic nitrogens is 1. The fourth-order valence-corrected chi connectivity index (χ4v) is 5.24. The number of hydrogen-bond acceptors (Lipinski definition) is 5. The van der Waals surface area contributed by atoms with Crippen LogP contribution in [0.1, 0.15) is 94.6 Å². The summed E-state index contributed by atoms with van der Waals surface area (Å²) in [6.07, 6.45) is 6.58. The number of benzene rings is 1. The van der Waals surface area contributed by atoms with E-state index in [9.17, 15) is 14.4 Å². The summed E-state index contributed by atoms with van der Waals surface area (Å²) < 4.78 is 7.27. The Kier molecular flexibility index (Phi) is 10.7.